The summed E-state index contributed by atoms with van der Waals surface area (Å²) in [6.45, 7) is 6.06. The zero-order chi connectivity index (χ0) is 18.5. The molecule has 1 aromatic carbocycles. The van der Waals surface area contributed by atoms with Gasteiger partial charge in [0.2, 0.25) is 5.69 Å². The first-order chi connectivity index (χ1) is 12.6. The highest BCUT2D eigenvalue weighted by Crippen LogP contribution is 2.24. The number of hydrogen-bond acceptors (Lipinski definition) is 6. The minimum Gasteiger partial charge on any atom is -0.468 e. The number of ether oxygens (including phenoxy) is 1. The maximum absolute atomic E-state index is 9.28. The lowest BCUT2D eigenvalue weighted by Crippen LogP contribution is -2.08. The van der Waals surface area contributed by atoms with Crippen molar-refractivity contribution >= 4 is 11.6 Å². The van der Waals surface area contributed by atoms with Crippen LogP contribution in [-0.4, -0.2) is 20.2 Å². The Bertz CT molecular complexity index is 913. The Hall–Kier alpha value is -3.40. The third-order valence-corrected chi connectivity index (χ3v) is 3.88. The van der Waals surface area contributed by atoms with Crippen molar-refractivity contribution in [2.75, 3.05) is 5.32 Å². The highest BCUT2D eigenvalue weighted by molar-refractivity contribution is 5.52. The molecule has 0 amide bonds. The van der Waals surface area contributed by atoms with E-state index in [9.17, 15) is 5.26 Å². The molecule has 1 atom stereocenters. The van der Waals surface area contributed by atoms with Gasteiger partial charge in [-0.3, -0.25) is 5.10 Å². The molecule has 0 radical (unpaired) electrons. The molecular formula is C19H20N6O. The Morgan fingerprint density at radius 1 is 1.15 bits per heavy atom. The number of rotatable bonds is 6. The van der Waals surface area contributed by atoms with Crippen LogP contribution in [-0.2, 0) is 0 Å². The molecular weight excluding hydrogens is 328 g/mol. The van der Waals surface area contributed by atoms with Crippen molar-refractivity contribution in [3.8, 4) is 11.9 Å². The lowest BCUT2D eigenvalue weighted by Gasteiger charge is -2.15. The van der Waals surface area contributed by atoms with Crippen molar-refractivity contribution in [1.29, 1.82) is 5.26 Å². The number of benzene rings is 1. The van der Waals surface area contributed by atoms with E-state index in [0.29, 0.717) is 17.6 Å². The molecule has 7 nitrogen and oxygen atoms in total. The van der Waals surface area contributed by atoms with E-state index in [2.05, 4.69) is 39.3 Å². The Labute approximate surface area is 152 Å². The van der Waals surface area contributed by atoms with E-state index in [4.69, 9.17) is 4.74 Å². The lowest BCUT2D eigenvalue weighted by atomic mass is 10.1. The maximum Gasteiger partial charge on any atom is 0.253 e. The number of H-pyrrole nitrogens is 1. The molecule has 0 bridgehead atoms. The number of nitrogens with one attached hydrogen (secondary N) is 2. The third-order valence-electron chi connectivity index (χ3n) is 3.88. The van der Waals surface area contributed by atoms with Crippen LogP contribution in [0.4, 0.5) is 11.6 Å². The summed E-state index contributed by atoms with van der Waals surface area (Å²) in [6, 6.07) is 13.7. The zero-order valence-corrected chi connectivity index (χ0v) is 14.9. The minimum absolute atomic E-state index is 0.142. The van der Waals surface area contributed by atoms with E-state index >= 15 is 0 Å². The van der Waals surface area contributed by atoms with Crippen molar-refractivity contribution in [3.63, 3.8) is 0 Å². The highest BCUT2D eigenvalue weighted by atomic mass is 16.5. The quantitative estimate of drug-likeness (QED) is 0.696. The molecule has 3 rings (SSSR count). The van der Waals surface area contributed by atoms with E-state index in [-0.39, 0.29) is 17.7 Å². The molecule has 0 fully saturated rings. The maximum atomic E-state index is 9.28. The van der Waals surface area contributed by atoms with E-state index in [0.717, 1.165) is 11.3 Å². The second-order valence-corrected chi connectivity index (χ2v) is 6.18. The van der Waals surface area contributed by atoms with E-state index < -0.39 is 0 Å². The molecule has 2 aromatic heterocycles. The number of nitrogens with zero attached hydrogens (tertiary/aromatic N) is 4. The summed E-state index contributed by atoms with van der Waals surface area (Å²) in [7, 11) is 0. The second kappa shape index (κ2) is 7.66. The topological polar surface area (TPSA) is 99.5 Å². The van der Waals surface area contributed by atoms with Gasteiger partial charge < -0.3 is 10.1 Å². The van der Waals surface area contributed by atoms with E-state index in [1.165, 1.54) is 6.20 Å². The SMILES string of the molecule is CC(C)c1cc(Nc2cnc(C#N)c(O[C@@H](C)c3ccccc3)n2)n[nH]1. The van der Waals surface area contributed by atoms with Gasteiger partial charge in [-0.2, -0.15) is 15.3 Å². The molecule has 0 aliphatic rings. The van der Waals surface area contributed by atoms with Crippen molar-refractivity contribution in [1.82, 2.24) is 20.2 Å². The number of aromatic nitrogens is 4. The van der Waals surface area contributed by atoms with Crippen LogP contribution in [0.15, 0.2) is 42.6 Å². The van der Waals surface area contributed by atoms with Crippen LogP contribution in [0.3, 0.4) is 0 Å². The Balaban J connectivity index is 1.81. The van der Waals surface area contributed by atoms with Crippen LogP contribution < -0.4 is 10.1 Å². The summed E-state index contributed by atoms with van der Waals surface area (Å²) in [4.78, 5) is 8.52. The number of nitriles is 1. The molecule has 0 saturated carbocycles. The van der Waals surface area contributed by atoms with Crippen molar-refractivity contribution in [3.05, 3.63) is 59.5 Å². The van der Waals surface area contributed by atoms with Gasteiger partial charge in [0.25, 0.3) is 5.88 Å². The standard InChI is InChI=1S/C19H20N6O/c1-12(2)15-9-17(25-24-15)22-18-11-21-16(10-20)19(23-18)26-13(3)14-7-5-4-6-8-14/h4-9,11-13H,1-3H3,(H2,22,23,24,25)/t13-/m0/s1. The monoisotopic (exact) mass is 348 g/mol. The molecule has 2 heterocycles. The summed E-state index contributed by atoms with van der Waals surface area (Å²) in [6.07, 6.45) is 1.23. The summed E-state index contributed by atoms with van der Waals surface area (Å²) < 4.78 is 5.88. The van der Waals surface area contributed by atoms with Crippen molar-refractivity contribution in [2.24, 2.45) is 0 Å². The Morgan fingerprint density at radius 2 is 1.92 bits per heavy atom. The molecule has 26 heavy (non-hydrogen) atoms. The average molecular weight is 348 g/mol. The summed E-state index contributed by atoms with van der Waals surface area (Å²) in [5.74, 6) is 1.63. The van der Waals surface area contributed by atoms with Gasteiger partial charge in [-0.25, -0.2) is 4.98 Å². The molecule has 7 heteroatoms. The molecule has 0 unspecified atom stereocenters. The second-order valence-electron chi connectivity index (χ2n) is 6.18. The van der Waals surface area contributed by atoms with Crippen LogP contribution in [0.5, 0.6) is 5.88 Å². The van der Waals surface area contributed by atoms with Crippen LogP contribution in [0, 0.1) is 11.3 Å². The molecule has 2 N–H and O–H groups in total. The first-order valence-electron chi connectivity index (χ1n) is 8.38. The molecule has 0 spiro atoms. The lowest BCUT2D eigenvalue weighted by molar-refractivity contribution is 0.216. The fourth-order valence-corrected chi connectivity index (χ4v) is 2.38. The highest BCUT2D eigenvalue weighted by Gasteiger charge is 2.15. The predicted molar refractivity (Wildman–Crippen MR) is 98.2 cm³/mol. The van der Waals surface area contributed by atoms with Gasteiger partial charge >= 0.3 is 0 Å². The van der Waals surface area contributed by atoms with Crippen LogP contribution >= 0.6 is 0 Å². The van der Waals surface area contributed by atoms with Gasteiger partial charge in [0.15, 0.2) is 11.6 Å². The van der Waals surface area contributed by atoms with Gasteiger partial charge in [-0.15, -0.1) is 0 Å². The normalized spacial score (nSPS) is 11.8. The molecule has 0 aliphatic carbocycles. The largest absolute Gasteiger partial charge is 0.468 e. The van der Waals surface area contributed by atoms with Crippen molar-refractivity contribution in [2.45, 2.75) is 32.8 Å². The fraction of sp³-hybridized carbons (Fsp3) is 0.263. The fourth-order valence-electron chi connectivity index (χ4n) is 2.38. The van der Waals surface area contributed by atoms with E-state index in [1.54, 1.807) is 0 Å². The van der Waals surface area contributed by atoms with Gasteiger partial charge in [0.1, 0.15) is 12.2 Å². The van der Waals surface area contributed by atoms with Crippen LogP contribution in [0.1, 0.15) is 49.7 Å². The summed E-state index contributed by atoms with van der Waals surface area (Å²) in [5.41, 5.74) is 2.15. The van der Waals surface area contributed by atoms with Crippen molar-refractivity contribution < 1.29 is 4.74 Å². The number of anilines is 2. The Morgan fingerprint density at radius 3 is 2.58 bits per heavy atom. The summed E-state index contributed by atoms with van der Waals surface area (Å²) in [5, 5.41) is 19.5. The van der Waals surface area contributed by atoms with Crippen LogP contribution in [0.25, 0.3) is 0 Å². The first kappa shape index (κ1) is 17.4. The van der Waals surface area contributed by atoms with Gasteiger partial charge in [-0.05, 0) is 18.4 Å². The van der Waals surface area contributed by atoms with Gasteiger partial charge in [-0.1, -0.05) is 44.2 Å². The molecule has 3 aromatic rings. The van der Waals surface area contributed by atoms with E-state index in [1.807, 2.05) is 49.4 Å². The first-order valence-corrected chi connectivity index (χ1v) is 8.38. The smallest absolute Gasteiger partial charge is 0.253 e. The number of hydrogen-bond donors (Lipinski definition) is 2. The third kappa shape index (κ3) is 3.98. The Kier molecular flexibility index (Phi) is 5.13. The summed E-state index contributed by atoms with van der Waals surface area (Å²) >= 11 is 0. The van der Waals surface area contributed by atoms with Gasteiger partial charge in [0.05, 0.1) is 6.20 Å². The zero-order valence-electron chi connectivity index (χ0n) is 14.9. The predicted octanol–water partition coefficient (Wildman–Crippen LogP) is 4.08. The molecule has 0 aliphatic heterocycles. The minimum atomic E-state index is -0.259. The number of aromatic amines is 1. The molecule has 0 saturated heterocycles. The van der Waals surface area contributed by atoms with Gasteiger partial charge in [0, 0.05) is 11.8 Å². The van der Waals surface area contributed by atoms with Crippen LogP contribution in [0.2, 0.25) is 0 Å². The average Bonchev–Trinajstić information content (AvgIpc) is 3.11. The molecule has 132 valence electrons.